The molecule has 0 N–H and O–H groups in total. The van der Waals surface area contributed by atoms with Gasteiger partial charge in [-0.1, -0.05) is 104 Å². The Morgan fingerprint density at radius 1 is 0.857 bits per heavy atom. The molecule has 0 nitrogen and oxygen atoms in total. The van der Waals surface area contributed by atoms with Crippen LogP contribution in [0, 0.1) is 0 Å². The zero-order valence-corrected chi connectivity index (χ0v) is 12.2. The fourth-order valence-electron chi connectivity index (χ4n) is 2.01. The van der Waals surface area contributed by atoms with Gasteiger partial charge in [-0.25, -0.2) is 0 Å². The Labute approximate surface area is 127 Å². The molecule has 0 aliphatic carbocycles. The highest BCUT2D eigenvalue weighted by Crippen LogP contribution is 2.14. The molecule has 0 saturated carbocycles. The van der Waals surface area contributed by atoms with Crippen LogP contribution >= 0.6 is 0 Å². The average Bonchev–Trinajstić information content (AvgIpc) is 2.54. The SMILES string of the molecule is C=CC=CCC(C=Cc1ccccc1)=Cc1ccccc1. The highest BCUT2D eigenvalue weighted by molar-refractivity contribution is 5.61. The van der Waals surface area contributed by atoms with Crippen molar-refractivity contribution in [2.45, 2.75) is 6.42 Å². The molecule has 0 aromatic heterocycles. The molecule has 0 aliphatic rings. The summed E-state index contributed by atoms with van der Waals surface area (Å²) < 4.78 is 0. The molecule has 0 heteroatoms. The minimum atomic E-state index is 0.893. The van der Waals surface area contributed by atoms with Crippen LogP contribution in [-0.2, 0) is 0 Å². The van der Waals surface area contributed by atoms with Crippen molar-refractivity contribution in [3.8, 4) is 0 Å². The summed E-state index contributed by atoms with van der Waals surface area (Å²) in [7, 11) is 0. The van der Waals surface area contributed by atoms with E-state index in [9.17, 15) is 0 Å². The molecule has 2 rings (SSSR count). The quantitative estimate of drug-likeness (QED) is 0.573. The van der Waals surface area contributed by atoms with E-state index in [1.54, 1.807) is 6.08 Å². The van der Waals surface area contributed by atoms with Gasteiger partial charge in [-0.15, -0.1) is 0 Å². The van der Waals surface area contributed by atoms with E-state index in [4.69, 9.17) is 0 Å². The predicted molar refractivity (Wildman–Crippen MR) is 93.8 cm³/mol. The van der Waals surface area contributed by atoms with E-state index >= 15 is 0 Å². The first-order valence-electron chi connectivity index (χ1n) is 7.15. The van der Waals surface area contributed by atoms with Crippen LogP contribution in [-0.4, -0.2) is 0 Å². The van der Waals surface area contributed by atoms with Crippen molar-refractivity contribution in [1.82, 2.24) is 0 Å². The summed E-state index contributed by atoms with van der Waals surface area (Å²) in [6.07, 6.45) is 13.3. The molecular formula is C21H20. The first-order valence-corrected chi connectivity index (χ1v) is 7.15. The number of rotatable bonds is 6. The lowest BCUT2D eigenvalue weighted by molar-refractivity contribution is 1.31. The summed E-state index contributed by atoms with van der Waals surface area (Å²) in [6.45, 7) is 3.71. The highest BCUT2D eigenvalue weighted by Gasteiger charge is 1.92. The maximum atomic E-state index is 3.71. The van der Waals surface area contributed by atoms with Gasteiger partial charge in [0.05, 0.1) is 0 Å². The summed E-state index contributed by atoms with van der Waals surface area (Å²) in [4.78, 5) is 0. The molecule has 0 radical (unpaired) electrons. The Morgan fingerprint density at radius 2 is 1.48 bits per heavy atom. The van der Waals surface area contributed by atoms with Crippen LogP contribution in [0.2, 0.25) is 0 Å². The maximum absolute atomic E-state index is 3.71. The average molecular weight is 272 g/mol. The van der Waals surface area contributed by atoms with Crippen LogP contribution in [0.1, 0.15) is 17.5 Å². The van der Waals surface area contributed by atoms with Crippen LogP contribution in [0.15, 0.2) is 97.1 Å². The van der Waals surface area contributed by atoms with Crippen molar-refractivity contribution >= 4 is 12.2 Å². The second-order valence-corrected chi connectivity index (χ2v) is 4.74. The smallest absolute Gasteiger partial charge is 0.00941 e. The van der Waals surface area contributed by atoms with E-state index in [0.717, 1.165) is 6.42 Å². The summed E-state index contributed by atoms with van der Waals surface area (Å²) in [5, 5.41) is 0. The summed E-state index contributed by atoms with van der Waals surface area (Å²) in [6, 6.07) is 20.7. The van der Waals surface area contributed by atoms with Crippen molar-refractivity contribution < 1.29 is 0 Å². The molecule has 0 unspecified atom stereocenters. The molecule has 0 aliphatic heterocycles. The lowest BCUT2D eigenvalue weighted by Gasteiger charge is -2.00. The van der Waals surface area contributed by atoms with Gasteiger partial charge in [-0.3, -0.25) is 0 Å². The van der Waals surface area contributed by atoms with Crippen molar-refractivity contribution in [2.75, 3.05) is 0 Å². The standard InChI is InChI=1S/C21H20/c1-2-3-6-13-21(18-20-14-9-5-10-15-20)17-16-19-11-7-4-8-12-19/h2-12,14-18H,1,13H2. The molecule has 0 amide bonds. The molecule has 21 heavy (non-hydrogen) atoms. The van der Waals surface area contributed by atoms with E-state index < -0.39 is 0 Å². The number of hydrogen-bond acceptors (Lipinski definition) is 0. The van der Waals surface area contributed by atoms with Gasteiger partial charge in [-0.05, 0) is 23.1 Å². The van der Waals surface area contributed by atoms with Crippen molar-refractivity contribution in [1.29, 1.82) is 0 Å². The summed E-state index contributed by atoms with van der Waals surface area (Å²) in [5.74, 6) is 0. The third-order valence-corrected chi connectivity index (χ3v) is 3.07. The molecule has 0 spiro atoms. The zero-order valence-electron chi connectivity index (χ0n) is 12.2. The van der Waals surface area contributed by atoms with Gasteiger partial charge in [0.2, 0.25) is 0 Å². The maximum Gasteiger partial charge on any atom is -0.00941 e. The molecule has 0 fully saturated rings. The van der Waals surface area contributed by atoms with Crippen molar-refractivity contribution in [3.63, 3.8) is 0 Å². The third kappa shape index (κ3) is 5.50. The Balaban J connectivity index is 2.19. The van der Waals surface area contributed by atoms with Gasteiger partial charge in [-0.2, -0.15) is 0 Å². The molecular weight excluding hydrogens is 252 g/mol. The number of benzene rings is 2. The Bertz CT molecular complexity index is 628. The van der Waals surface area contributed by atoms with Gasteiger partial charge in [0, 0.05) is 0 Å². The second kappa shape index (κ2) is 8.55. The molecule has 2 aromatic carbocycles. The lowest BCUT2D eigenvalue weighted by atomic mass is 10.1. The van der Waals surface area contributed by atoms with Crippen LogP contribution in [0.5, 0.6) is 0 Å². The summed E-state index contributed by atoms with van der Waals surface area (Å²) >= 11 is 0. The molecule has 104 valence electrons. The Kier molecular flexibility index (Phi) is 6.02. The Morgan fingerprint density at radius 3 is 2.10 bits per heavy atom. The van der Waals surface area contributed by atoms with Gasteiger partial charge in [0.15, 0.2) is 0 Å². The van der Waals surface area contributed by atoms with E-state index in [1.807, 2.05) is 18.2 Å². The van der Waals surface area contributed by atoms with Gasteiger partial charge < -0.3 is 0 Å². The van der Waals surface area contributed by atoms with Crippen LogP contribution in [0.25, 0.3) is 12.2 Å². The lowest BCUT2D eigenvalue weighted by Crippen LogP contribution is -1.79. The predicted octanol–water partition coefficient (Wildman–Crippen LogP) is 5.92. The van der Waals surface area contributed by atoms with Gasteiger partial charge in [0.25, 0.3) is 0 Å². The zero-order chi connectivity index (χ0) is 14.8. The van der Waals surface area contributed by atoms with E-state index in [-0.39, 0.29) is 0 Å². The molecule has 0 bridgehead atoms. The van der Waals surface area contributed by atoms with Crippen molar-refractivity contribution in [3.05, 3.63) is 108 Å². The number of hydrogen-bond donors (Lipinski definition) is 0. The molecule has 0 saturated heterocycles. The summed E-state index contributed by atoms with van der Waals surface area (Å²) in [5.41, 5.74) is 3.70. The molecule has 0 atom stereocenters. The van der Waals surface area contributed by atoms with Crippen LogP contribution in [0.4, 0.5) is 0 Å². The fourth-order valence-corrected chi connectivity index (χ4v) is 2.01. The van der Waals surface area contributed by atoms with Gasteiger partial charge in [0.1, 0.15) is 0 Å². The van der Waals surface area contributed by atoms with E-state index in [2.05, 4.69) is 79.4 Å². The van der Waals surface area contributed by atoms with Crippen LogP contribution in [0.3, 0.4) is 0 Å². The third-order valence-electron chi connectivity index (χ3n) is 3.07. The largest absolute Gasteiger partial charge is 0.0991 e. The highest BCUT2D eigenvalue weighted by atomic mass is 14.0. The van der Waals surface area contributed by atoms with Gasteiger partial charge >= 0.3 is 0 Å². The first-order chi connectivity index (χ1) is 10.4. The van der Waals surface area contributed by atoms with Crippen molar-refractivity contribution in [2.24, 2.45) is 0 Å². The number of allylic oxidation sites excluding steroid dienone is 5. The first kappa shape index (κ1) is 14.8. The Hall–Kier alpha value is -2.60. The molecule has 0 heterocycles. The normalized spacial score (nSPS) is 12.1. The van der Waals surface area contributed by atoms with Crippen LogP contribution < -0.4 is 0 Å². The van der Waals surface area contributed by atoms with E-state index in [0.29, 0.717) is 0 Å². The second-order valence-electron chi connectivity index (χ2n) is 4.74. The van der Waals surface area contributed by atoms with E-state index in [1.165, 1.54) is 16.7 Å². The minimum absolute atomic E-state index is 0.893. The molecule has 2 aromatic rings. The fraction of sp³-hybridized carbons (Fsp3) is 0.0476. The monoisotopic (exact) mass is 272 g/mol. The topological polar surface area (TPSA) is 0 Å². The minimum Gasteiger partial charge on any atom is -0.0991 e.